The van der Waals surface area contributed by atoms with Crippen LogP contribution in [0.4, 0.5) is 0 Å². The largest absolute Gasteiger partial charge is 0.472 e. The van der Waals surface area contributed by atoms with E-state index in [0.717, 1.165) is 17.8 Å². The molecule has 0 fully saturated rings. The zero-order valence-corrected chi connectivity index (χ0v) is 11.3. The summed E-state index contributed by atoms with van der Waals surface area (Å²) in [6, 6.07) is 2.07. The third-order valence-corrected chi connectivity index (χ3v) is 2.51. The van der Waals surface area contributed by atoms with Crippen LogP contribution in [0.15, 0.2) is 6.07 Å². The monoisotopic (exact) mass is 238 g/mol. The molecule has 0 radical (unpaired) electrons. The Bertz CT molecular complexity index is 367. The van der Waals surface area contributed by atoms with Gasteiger partial charge in [-0.15, -0.1) is 0 Å². The Morgan fingerprint density at radius 3 is 2.71 bits per heavy atom. The topological polar surface area (TPSA) is 43.4 Å². The molecule has 1 aromatic heterocycles. The highest BCUT2D eigenvalue weighted by molar-refractivity contribution is 5.35. The molecule has 1 unspecified atom stereocenters. The lowest BCUT2D eigenvalue weighted by Gasteiger charge is -2.17. The minimum atomic E-state index is 0.00399. The maximum Gasteiger partial charge on any atom is 0.218 e. The Morgan fingerprint density at radius 2 is 2.12 bits per heavy atom. The van der Waals surface area contributed by atoms with Crippen LogP contribution in [0.2, 0.25) is 0 Å². The summed E-state index contributed by atoms with van der Waals surface area (Å²) in [6.45, 7) is 7.35. The van der Waals surface area contributed by atoms with Crippen LogP contribution in [0.1, 0.15) is 23.7 Å². The van der Waals surface area contributed by atoms with Crippen LogP contribution in [-0.2, 0) is 11.3 Å². The third kappa shape index (κ3) is 3.98. The summed E-state index contributed by atoms with van der Waals surface area (Å²) in [5, 5.41) is 3.14. The summed E-state index contributed by atoms with van der Waals surface area (Å²) in [5.74, 6) is 0.710. The Kier molecular flexibility index (Phi) is 5.38. The van der Waals surface area contributed by atoms with Gasteiger partial charge in [-0.3, -0.25) is 0 Å². The maximum absolute atomic E-state index is 5.82. The van der Waals surface area contributed by atoms with Gasteiger partial charge in [0.15, 0.2) is 0 Å². The van der Waals surface area contributed by atoms with Crippen molar-refractivity contribution in [3.63, 3.8) is 0 Å². The molecular weight excluding hydrogens is 216 g/mol. The molecule has 4 nitrogen and oxygen atoms in total. The second kappa shape index (κ2) is 6.57. The van der Waals surface area contributed by atoms with Crippen molar-refractivity contribution in [1.82, 2.24) is 10.3 Å². The predicted octanol–water partition coefficient (Wildman–Crippen LogP) is 1.83. The SMILES string of the molecule is CNCc1c(C)cc(C)nc1OC(C)COC. The van der Waals surface area contributed by atoms with Gasteiger partial charge in [-0.05, 0) is 39.4 Å². The summed E-state index contributed by atoms with van der Waals surface area (Å²) < 4.78 is 10.9. The van der Waals surface area contributed by atoms with E-state index in [1.807, 2.05) is 20.9 Å². The van der Waals surface area contributed by atoms with E-state index >= 15 is 0 Å². The fraction of sp³-hybridized carbons (Fsp3) is 0.615. The number of nitrogens with zero attached hydrogens (tertiary/aromatic N) is 1. The zero-order chi connectivity index (χ0) is 12.8. The van der Waals surface area contributed by atoms with Gasteiger partial charge in [-0.1, -0.05) is 0 Å². The lowest BCUT2D eigenvalue weighted by molar-refractivity contribution is 0.0880. The molecule has 0 aromatic carbocycles. The number of methoxy groups -OCH3 is 1. The average molecular weight is 238 g/mol. The van der Waals surface area contributed by atoms with Crippen LogP contribution in [0.5, 0.6) is 5.88 Å². The molecule has 1 N–H and O–H groups in total. The molecule has 1 heterocycles. The molecule has 0 bridgehead atoms. The standard InChI is InChI=1S/C13H22N2O2/c1-9-6-10(2)15-13(12(9)7-14-4)17-11(3)8-16-5/h6,11,14H,7-8H2,1-5H3. The maximum atomic E-state index is 5.82. The van der Waals surface area contributed by atoms with Gasteiger partial charge in [0.25, 0.3) is 0 Å². The van der Waals surface area contributed by atoms with E-state index in [0.29, 0.717) is 12.5 Å². The molecule has 1 atom stereocenters. The van der Waals surface area contributed by atoms with Crippen LogP contribution < -0.4 is 10.1 Å². The van der Waals surface area contributed by atoms with E-state index in [1.54, 1.807) is 7.11 Å². The molecular formula is C13H22N2O2. The molecule has 0 spiro atoms. The van der Waals surface area contributed by atoms with Crippen molar-refractivity contribution in [2.45, 2.75) is 33.4 Å². The van der Waals surface area contributed by atoms with Gasteiger partial charge in [0.1, 0.15) is 6.10 Å². The van der Waals surface area contributed by atoms with Crippen molar-refractivity contribution < 1.29 is 9.47 Å². The first-order chi connectivity index (χ1) is 8.08. The number of aryl methyl sites for hydroxylation is 2. The summed E-state index contributed by atoms with van der Waals surface area (Å²) in [6.07, 6.45) is 0.00399. The minimum Gasteiger partial charge on any atom is -0.472 e. The van der Waals surface area contributed by atoms with Gasteiger partial charge in [0, 0.05) is 24.9 Å². The molecule has 0 saturated heterocycles. The number of rotatable bonds is 6. The quantitative estimate of drug-likeness (QED) is 0.821. The second-order valence-electron chi connectivity index (χ2n) is 4.28. The molecule has 0 aliphatic carbocycles. The molecule has 0 aliphatic heterocycles. The molecule has 1 aromatic rings. The lowest BCUT2D eigenvalue weighted by Crippen LogP contribution is -2.21. The summed E-state index contributed by atoms with van der Waals surface area (Å²) in [4.78, 5) is 4.46. The van der Waals surface area contributed by atoms with Crippen molar-refractivity contribution >= 4 is 0 Å². The Balaban J connectivity index is 2.94. The Hall–Kier alpha value is -1.13. The van der Waals surface area contributed by atoms with Gasteiger partial charge in [0.2, 0.25) is 5.88 Å². The predicted molar refractivity (Wildman–Crippen MR) is 68.4 cm³/mol. The van der Waals surface area contributed by atoms with E-state index in [4.69, 9.17) is 9.47 Å². The molecule has 4 heteroatoms. The van der Waals surface area contributed by atoms with Crippen molar-refractivity contribution in [2.75, 3.05) is 20.8 Å². The zero-order valence-electron chi connectivity index (χ0n) is 11.3. The number of ether oxygens (including phenoxy) is 2. The van der Waals surface area contributed by atoms with Crippen molar-refractivity contribution in [3.05, 3.63) is 22.9 Å². The first kappa shape index (κ1) is 13.9. The summed E-state index contributed by atoms with van der Waals surface area (Å²) in [5.41, 5.74) is 3.29. The van der Waals surface area contributed by atoms with Crippen molar-refractivity contribution in [2.24, 2.45) is 0 Å². The molecule has 0 aliphatic rings. The highest BCUT2D eigenvalue weighted by atomic mass is 16.5. The normalized spacial score (nSPS) is 12.5. The molecule has 96 valence electrons. The van der Waals surface area contributed by atoms with E-state index in [9.17, 15) is 0 Å². The fourth-order valence-corrected chi connectivity index (χ4v) is 1.78. The molecule has 1 rings (SSSR count). The second-order valence-corrected chi connectivity index (χ2v) is 4.28. The smallest absolute Gasteiger partial charge is 0.218 e. The van der Waals surface area contributed by atoms with Crippen molar-refractivity contribution in [3.8, 4) is 5.88 Å². The Morgan fingerprint density at radius 1 is 1.41 bits per heavy atom. The number of nitrogens with one attached hydrogen (secondary N) is 1. The average Bonchev–Trinajstić information content (AvgIpc) is 2.23. The first-order valence-electron chi connectivity index (χ1n) is 5.85. The van der Waals surface area contributed by atoms with Crippen LogP contribution >= 0.6 is 0 Å². The highest BCUT2D eigenvalue weighted by Crippen LogP contribution is 2.21. The fourth-order valence-electron chi connectivity index (χ4n) is 1.78. The van der Waals surface area contributed by atoms with Gasteiger partial charge in [0.05, 0.1) is 6.61 Å². The number of hydrogen-bond acceptors (Lipinski definition) is 4. The van der Waals surface area contributed by atoms with Gasteiger partial charge < -0.3 is 14.8 Å². The van der Waals surface area contributed by atoms with Gasteiger partial charge >= 0.3 is 0 Å². The molecule has 0 amide bonds. The van der Waals surface area contributed by atoms with E-state index in [2.05, 4.69) is 23.3 Å². The Labute approximate surface area is 103 Å². The number of aromatic nitrogens is 1. The van der Waals surface area contributed by atoms with E-state index < -0.39 is 0 Å². The highest BCUT2D eigenvalue weighted by Gasteiger charge is 2.12. The first-order valence-corrected chi connectivity index (χ1v) is 5.85. The van der Waals surface area contributed by atoms with E-state index in [-0.39, 0.29) is 6.10 Å². The van der Waals surface area contributed by atoms with Crippen LogP contribution in [0.25, 0.3) is 0 Å². The van der Waals surface area contributed by atoms with E-state index in [1.165, 1.54) is 5.56 Å². The van der Waals surface area contributed by atoms with Crippen LogP contribution in [-0.4, -0.2) is 31.9 Å². The number of hydrogen-bond donors (Lipinski definition) is 1. The number of pyridine rings is 1. The van der Waals surface area contributed by atoms with Gasteiger partial charge in [-0.2, -0.15) is 0 Å². The van der Waals surface area contributed by atoms with Crippen molar-refractivity contribution in [1.29, 1.82) is 0 Å². The summed E-state index contributed by atoms with van der Waals surface area (Å²) in [7, 11) is 3.59. The molecule has 17 heavy (non-hydrogen) atoms. The minimum absolute atomic E-state index is 0.00399. The lowest BCUT2D eigenvalue weighted by atomic mass is 10.1. The van der Waals surface area contributed by atoms with Crippen LogP contribution in [0.3, 0.4) is 0 Å². The van der Waals surface area contributed by atoms with Gasteiger partial charge in [-0.25, -0.2) is 4.98 Å². The molecule has 0 saturated carbocycles. The summed E-state index contributed by atoms with van der Waals surface area (Å²) >= 11 is 0. The van der Waals surface area contributed by atoms with Crippen LogP contribution in [0, 0.1) is 13.8 Å². The third-order valence-electron chi connectivity index (χ3n) is 2.51.